The highest BCUT2D eigenvalue weighted by molar-refractivity contribution is 5.79. The molecule has 0 radical (unpaired) electrons. The van der Waals surface area contributed by atoms with Crippen molar-refractivity contribution >= 4 is 6.29 Å². The zero-order chi connectivity index (χ0) is 12.8. The van der Waals surface area contributed by atoms with Gasteiger partial charge in [-0.3, -0.25) is 4.79 Å². The molecule has 1 aliphatic heterocycles. The lowest BCUT2D eigenvalue weighted by Gasteiger charge is -2.11. The second-order valence-electron chi connectivity index (χ2n) is 4.43. The summed E-state index contributed by atoms with van der Waals surface area (Å²) < 4.78 is 23.9. The van der Waals surface area contributed by atoms with E-state index in [-0.39, 0.29) is 5.56 Å². The highest BCUT2D eigenvalue weighted by Gasteiger charge is 2.14. The first-order chi connectivity index (χ1) is 8.79. The van der Waals surface area contributed by atoms with Gasteiger partial charge in [-0.05, 0) is 43.9 Å². The molecule has 1 aromatic carbocycles. The average Bonchev–Trinajstić information content (AvgIpc) is 2.89. The summed E-state index contributed by atoms with van der Waals surface area (Å²) in [7, 11) is 0. The zero-order valence-corrected chi connectivity index (χ0v) is 10.2. The maximum Gasteiger partial charge on any atom is 0.153 e. The summed E-state index contributed by atoms with van der Waals surface area (Å²) in [5, 5.41) is 0. The molecule has 2 rings (SSSR count). The van der Waals surface area contributed by atoms with Gasteiger partial charge in [0.2, 0.25) is 0 Å². The number of carbonyl (C=O) groups is 1. The van der Waals surface area contributed by atoms with Crippen molar-refractivity contribution in [2.45, 2.75) is 31.8 Å². The van der Waals surface area contributed by atoms with Gasteiger partial charge in [-0.25, -0.2) is 4.39 Å². The van der Waals surface area contributed by atoms with E-state index in [1.165, 1.54) is 18.2 Å². The fourth-order valence-corrected chi connectivity index (χ4v) is 2.11. The molecule has 1 aliphatic rings. The van der Waals surface area contributed by atoms with Gasteiger partial charge in [0.25, 0.3) is 0 Å². The van der Waals surface area contributed by atoms with Gasteiger partial charge in [0.15, 0.2) is 6.29 Å². The van der Waals surface area contributed by atoms with Crippen LogP contribution in [0.15, 0.2) is 18.2 Å². The molecule has 18 heavy (non-hydrogen) atoms. The number of rotatable bonds is 6. The van der Waals surface area contributed by atoms with Gasteiger partial charge in [0.05, 0.1) is 18.3 Å². The number of carbonyl (C=O) groups excluding carboxylic acids is 1. The molecule has 1 heterocycles. The highest BCUT2D eigenvalue weighted by atomic mass is 19.1. The van der Waals surface area contributed by atoms with Crippen LogP contribution in [0.4, 0.5) is 4.39 Å². The largest absolute Gasteiger partial charge is 0.493 e. The number of halogens is 1. The van der Waals surface area contributed by atoms with Crippen molar-refractivity contribution in [3.63, 3.8) is 0 Å². The van der Waals surface area contributed by atoms with Crippen molar-refractivity contribution < 1.29 is 18.7 Å². The molecule has 0 aliphatic carbocycles. The number of benzene rings is 1. The summed E-state index contributed by atoms with van der Waals surface area (Å²) in [5.41, 5.74) is 0.257. The van der Waals surface area contributed by atoms with Crippen LogP contribution in [0.2, 0.25) is 0 Å². The van der Waals surface area contributed by atoms with Crippen LogP contribution in [0.25, 0.3) is 0 Å². The summed E-state index contributed by atoms with van der Waals surface area (Å²) in [4.78, 5) is 10.8. The fourth-order valence-electron chi connectivity index (χ4n) is 2.11. The standard InChI is InChI=1S/C14H17FO3/c15-12-5-6-14(11(9-12)10-16)18-8-2-4-13-3-1-7-17-13/h5-6,9-10,13H,1-4,7-8H2. The summed E-state index contributed by atoms with van der Waals surface area (Å²) in [6.07, 6.45) is 5.07. The van der Waals surface area contributed by atoms with Crippen LogP contribution in [0.5, 0.6) is 5.75 Å². The predicted molar refractivity (Wildman–Crippen MR) is 65.5 cm³/mol. The molecular weight excluding hydrogens is 235 g/mol. The Morgan fingerprint density at radius 3 is 3.11 bits per heavy atom. The second kappa shape index (κ2) is 6.50. The van der Waals surface area contributed by atoms with E-state index < -0.39 is 5.82 Å². The summed E-state index contributed by atoms with van der Waals surface area (Å²) in [6, 6.07) is 3.97. The monoisotopic (exact) mass is 252 g/mol. The van der Waals surface area contributed by atoms with E-state index in [4.69, 9.17) is 9.47 Å². The Morgan fingerprint density at radius 2 is 2.39 bits per heavy atom. The molecule has 0 spiro atoms. The van der Waals surface area contributed by atoms with E-state index in [2.05, 4.69) is 0 Å². The van der Waals surface area contributed by atoms with Crippen LogP contribution in [-0.2, 0) is 4.74 Å². The first-order valence-corrected chi connectivity index (χ1v) is 6.29. The van der Waals surface area contributed by atoms with Crippen LogP contribution >= 0.6 is 0 Å². The van der Waals surface area contributed by atoms with E-state index in [9.17, 15) is 9.18 Å². The van der Waals surface area contributed by atoms with Crippen LogP contribution in [-0.4, -0.2) is 25.6 Å². The Bertz CT molecular complexity index is 400. The van der Waals surface area contributed by atoms with Gasteiger partial charge in [-0.15, -0.1) is 0 Å². The molecule has 1 unspecified atom stereocenters. The Morgan fingerprint density at radius 1 is 1.50 bits per heavy atom. The molecule has 4 heteroatoms. The minimum Gasteiger partial charge on any atom is -0.493 e. The summed E-state index contributed by atoms with van der Waals surface area (Å²) in [5.74, 6) is 0.0162. The van der Waals surface area contributed by atoms with Crippen LogP contribution < -0.4 is 4.74 Å². The zero-order valence-electron chi connectivity index (χ0n) is 10.2. The topological polar surface area (TPSA) is 35.5 Å². The molecule has 3 nitrogen and oxygen atoms in total. The molecule has 0 aromatic heterocycles. The van der Waals surface area contributed by atoms with Gasteiger partial charge in [0.1, 0.15) is 11.6 Å². The predicted octanol–water partition coefficient (Wildman–Crippen LogP) is 2.98. The lowest BCUT2D eigenvalue weighted by atomic mass is 10.1. The minimum atomic E-state index is -0.427. The molecule has 0 amide bonds. The SMILES string of the molecule is O=Cc1cc(F)ccc1OCCCC1CCCO1. The Balaban J connectivity index is 1.77. The highest BCUT2D eigenvalue weighted by Crippen LogP contribution is 2.20. The first-order valence-electron chi connectivity index (χ1n) is 6.29. The number of aldehydes is 1. The van der Waals surface area contributed by atoms with Gasteiger partial charge in [0, 0.05) is 6.61 Å². The van der Waals surface area contributed by atoms with Gasteiger partial charge >= 0.3 is 0 Å². The molecule has 0 N–H and O–H groups in total. The quantitative estimate of drug-likeness (QED) is 0.576. The van der Waals surface area contributed by atoms with Crippen LogP contribution in [0.3, 0.4) is 0 Å². The molecule has 98 valence electrons. The lowest BCUT2D eigenvalue weighted by molar-refractivity contribution is 0.0979. The molecule has 1 atom stereocenters. The van der Waals surface area contributed by atoms with E-state index in [0.29, 0.717) is 24.7 Å². The smallest absolute Gasteiger partial charge is 0.153 e. The van der Waals surface area contributed by atoms with Crippen molar-refractivity contribution in [3.05, 3.63) is 29.6 Å². The second-order valence-corrected chi connectivity index (χ2v) is 4.43. The number of hydrogen-bond donors (Lipinski definition) is 0. The van der Waals surface area contributed by atoms with E-state index >= 15 is 0 Å². The molecular formula is C14H17FO3. The third-order valence-corrected chi connectivity index (χ3v) is 3.05. The van der Waals surface area contributed by atoms with Crippen molar-refractivity contribution in [2.75, 3.05) is 13.2 Å². The van der Waals surface area contributed by atoms with Gasteiger partial charge in [-0.1, -0.05) is 0 Å². The minimum absolute atomic E-state index is 0.257. The van der Waals surface area contributed by atoms with Crippen LogP contribution in [0.1, 0.15) is 36.0 Å². The van der Waals surface area contributed by atoms with Gasteiger partial charge < -0.3 is 9.47 Å². The fraction of sp³-hybridized carbons (Fsp3) is 0.500. The molecule has 0 saturated carbocycles. The van der Waals surface area contributed by atoms with Crippen molar-refractivity contribution in [3.8, 4) is 5.75 Å². The van der Waals surface area contributed by atoms with Crippen molar-refractivity contribution in [1.29, 1.82) is 0 Å². The number of hydrogen-bond acceptors (Lipinski definition) is 3. The molecule has 0 bridgehead atoms. The average molecular weight is 252 g/mol. The Labute approximate surface area is 106 Å². The molecule has 1 fully saturated rings. The lowest BCUT2D eigenvalue weighted by Crippen LogP contribution is -2.08. The first kappa shape index (κ1) is 13.0. The maximum absolute atomic E-state index is 12.9. The summed E-state index contributed by atoms with van der Waals surface area (Å²) in [6.45, 7) is 1.38. The van der Waals surface area contributed by atoms with E-state index in [1.807, 2.05) is 0 Å². The third-order valence-electron chi connectivity index (χ3n) is 3.05. The molecule has 1 aromatic rings. The van der Waals surface area contributed by atoms with Gasteiger partial charge in [-0.2, -0.15) is 0 Å². The van der Waals surface area contributed by atoms with E-state index in [0.717, 1.165) is 32.3 Å². The number of ether oxygens (including phenoxy) is 2. The van der Waals surface area contributed by atoms with Crippen molar-refractivity contribution in [1.82, 2.24) is 0 Å². The Hall–Kier alpha value is -1.42. The van der Waals surface area contributed by atoms with Crippen molar-refractivity contribution in [2.24, 2.45) is 0 Å². The summed E-state index contributed by atoms with van der Waals surface area (Å²) >= 11 is 0. The Kier molecular flexibility index (Phi) is 4.70. The van der Waals surface area contributed by atoms with E-state index in [1.54, 1.807) is 0 Å². The molecule has 1 saturated heterocycles. The normalized spacial score (nSPS) is 18.8. The third kappa shape index (κ3) is 3.53. The van der Waals surface area contributed by atoms with Crippen LogP contribution in [0, 0.1) is 5.82 Å². The maximum atomic E-state index is 12.9.